The summed E-state index contributed by atoms with van der Waals surface area (Å²) in [5, 5.41) is 6.88. The summed E-state index contributed by atoms with van der Waals surface area (Å²) in [6, 6.07) is 16.3. The Morgan fingerprint density at radius 3 is 2.53 bits per heavy atom. The zero-order valence-electron chi connectivity index (χ0n) is 9.48. The minimum absolute atomic E-state index is 0.245. The average molecular weight is 225 g/mol. The lowest BCUT2D eigenvalue weighted by Gasteiger charge is -2.12. The molecule has 2 aromatic carbocycles. The summed E-state index contributed by atoms with van der Waals surface area (Å²) in [6.45, 7) is 0. The highest BCUT2D eigenvalue weighted by molar-refractivity contribution is 5.77. The Balaban J connectivity index is 1.74. The van der Waals surface area contributed by atoms with Gasteiger partial charge in [-0.1, -0.05) is 30.3 Å². The van der Waals surface area contributed by atoms with Gasteiger partial charge in [-0.2, -0.15) is 0 Å². The Bertz CT molecular complexity index is 522. The molecule has 17 heavy (non-hydrogen) atoms. The topological polar surface area (TPSA) is 50.1 Å². The lowest BCUT2D eigenvalue weighted by atomic mass is 10.1. The van der Waals surface area contributed by atoms with E-state index in [4.69, 9.17) is 5.73 Å². The molecule has 0 spiro atoms. The van der Waals surface area contributed by atoms with Crippen molar-refractivity contribution in [2.45, 2.75) is 12.6 Å². The lowest BCUT2D eigenvalue weighted by Crippen LogP contribution is -2.24. The molecule has 1 unspecified atom stereocenters. The first-order chi connectivity index (χ1) is 8.31. The molecule has 1 aliphatic rings. The molecule has 1 atom stereocenters. The third-order valence-electron chi connectivity index (χ3n) is 2.99. The Labute approximate surface area is 101 Å². The summed E-state index contributed by atoms with van der Waals surface area (Å²) in [7, 11) is 0. The first-order valence-electron chi connectivity index (χ1n) is 5.78. The highest BCUT2D eigenvalue weighted by Crippen LogP contribution is 2.31. The van der Waals surface area contributed by atoms with Crippen LogP contribution in [-0.2, 0) is 6.42 Å². The maximum atomic E-state index is 5.76. The normalized spacial score (nSPS) is 17.1. The highest BCUT2D eigenvalue weighted by atomic mass is 15.2. The van der Waals surface area contributed by atoms with Gasteiger partial charge in [0.1, 0.15) is 6.17 Å². The van der Waals surface area contributed by atoms with E-state index in [1.54, 1.807) is 0 Å². The molecule has 0 saturated carbocycles. The van der Waals surface area contributed by atoms with Gasteiger partial charge in [-0.05, 0) is 23.8 Å². The molecule has 3 heteroatoms. The molecule has 0 aliphatic carbocycles. The summed E-state index contributed by atoms with van der Waals surface area (Å²) >= 11 is 0. The number of anilines is 3. The second-order valence-corrected chi connectivity index (χ2v) is 4.34. The fourth-order valence-electron chi connectivity index (χ4n) is 2.17. The van der Waals surface area contributed by atoms with E-state index in [1.807, 2.05) is 24.3 Å². The van der Waals surface area contributed by atoms with Crippen LogP contribution in [0.5, 0.6) is 0 Å². The molecule has 3 rings (SSSR count). The molecule has 3 nitrogen and oxygen atoms in total. The van der Waals surface area contributed by atoms with E-state index in [2.05, 4.69) is 34.9 Å². The molecule has 86 valence electrons. The Kier molecular flexibility index (Phi) is 2.37. The van der Waals surface area contributed by atoms with Gasteiger partial charge in [-0.15, -0.1) is 0 Å². The van der Waals surface area contributed by atoms with Crippen molar-refractivity contribution in [2.24, 2.45) is 0 Å². The van der Waals surface area contributed by atoms with Crippen LogP contribution < -0.4 is 16.4 Å². The largest absolute Gasteiger partial charge is 0.399 e. The molecule has 0 bridgehead atoms. The molecule has 4 N–H and O–H groups in total. The Hall–Kier alpha value is -2.16. The van der Waals surface area contributed by atoms with Crippen molar-refractivity contribution < 1.29 is 0 Å². The SMILES string of the molecule is Nc1ccc2c(c1)NC(Cc1ccccc1)N2. The lowest BCUT2D eigenvalue weighted by molar-refractivity contribution is 0.831. The van der Waals surface area contributed by atoms with Crippen LogP contribution >= 0.6 is 0 Å². The Morgan fingerprint density at radius 2 is 1.71 bits per heavy atom. The number of hydrogen-bond donors (Lipinski definition) is 3. The number of benzene rings is 2. The molecule has 0 amide bonds. The summed E-state index contributed by atoms with van der Waals surface area (Å²) in [4.78, 5) is 0. The van der Waals surface area contributed by atoms with Gasteiger partial charge in [0, 0.05) is 12.1 Å². The molecule has 0 fully saturated rings. The zero-order valence-corrected chi connectivity index (χ0v) is 9.48. The molecular formula is C14H15N3. The van der Waals surface area contributed by atoms with Crippen LogP contribution in [0.15, 0.2) is 48.5 Å². The van der Waals surface area contributed by atoms with Crippen LogP contribution in [-0.4, -0.2) is 6.17 Å². The van der Waals surface area contributed by atoms with Crippen molar-refractivity contribution in [2.75, 3.05) is 16.4 Å². The van der Waals surface area contributed by atoms with Gasteiger partial charge in [0.15, 0.2) is 0 Å². The average Bonchev–Trinajstić information content (AvgIpc) is 2.71. The van der Waals surface area contributed by atoms with Gasteiger partial charge in [0.05, 0.1) is 11.4 Å². The van der Waals surface area contributed by atoms with Crippen molar-refractivity contribution in [3.8, 4) is 0 Å². The first-order valence-corrected chi connectivity index (χ1v) is 5.78. The molecule has 2 aromatic rings. The summed E-state index contributed by atoms with van der Waals surface area (Å²) in [5.41, 5.74) is 10.1. The van der Waals surface area contributed by atoms with E-state index in [0.717, 1.165) is 23.5 Å². The summed E-state index contributed by atoms with van der Waals surface area (Å²) in [5.74, 6) is 0. The van der Waals surface area contributed by atoms with Crippen molar-refractivity contribution in [3.63, 3.8) is 0 Å². The van der Waals surface area contributed by atoms with Crippen molar-refractivity contribution in [3.05, 3.63) is 54.1 Å². The van der Waals surface area contributed by atoms with E-state index in [0.29, 0.717) is 0 Å². The molecule has 1 aliphatic heterocycles. The maximum Gasteiger partial charge on any atom is 0.101 e. The van der Waals surface area contributed by atoms with Crippen LogP contribution in [0.1, 0.15) is 5.56 Å². The predicted molar refractivity (Wildman–Crippen MR) is 72.0 cm³/mol. The van der Waals surface area contributed by atoms with Gasteiger partial charge in [-0.25, -0.2) is 0 Å². The summed E-state index contributed by atoms with van der Waals surface area (Å²) in [6.07, 6.45) is 1.20. The third kappa shape index (κ3) is 2.04. The Morgan fingerprint density at radius 1 is 0.941 bits per heavy atom. The zero-order chi connectivity index (χ0) is 11.7. The number of nitrogens with one attached hydrogen (secondary N) is 2. The maximum absolute atomic E-state index is 5.76. The van der Waals surface area contributed by atoms with Crippen molar-refractivity contribution in [1.29, 1.82) is 0 Å². The number of fused-ring (bicyclic) bond motifs is 1. The predicted octanol–water partition coefficient (Wildman–Crippen LogP) is 2.68. The third-order valence-corrected chi connectivity index (χ3v) is 2.99. The standard InChI is InChI=1S/C14H15N3/c15-11-6-7-12-13(9-11)17-14(16-12)8-10-4-2-1-3-5-10/h1-7,9,14,16-17H,8,15H2. The quantitative estimate of drug-likeness (QED) is 0.689. The van der Waals surface area contributed by atoms with Crippen LogP contribution in [0.3, 0.4) is 0 Å². The first kappa shape index (κ1) is 10.0. The fourth-order valence-corrected chi connectivity index (χ4v) is 2.17. The van der Waals surface area contributed by atoms with E-state index < -0.39 is 0 Å². The minimum atomic E-state index is 0.245. The number of nitrogen functional groups attached to an aromatic ring is 1. The second kappa shape index (κ2) is 4.01. The van der Waals surface area contributed by atoms with E-state index in [-0.39, 0.29) is 6.17 Å². The summed E-state index contributed by atoms with van der Waals surface area (Å²) < 4.78 is 0. The van der Waals surface area contributed by atoms with Gasteiger partial charge in [0.2, 0.25) is 0 Å². The number of rotatable bonds is 2. The molecule has 0 saturated heterocycles. The van der Waals surface area contributed by atoms with E-state index >= 15 is 0 Å². The molecular weight excluding hydrogens is 210 g/mol. The monoisotopic (exact) mass is 225 g/mol. The smallest absolute Gasteiger partial charge is 0.101 e. The molecule has 0 radical (unpaired) electrons. The van der Waals surface area contributed by atoms with Crippen LogP contribution in [0, 0.1) is 0 Å². The van der Waals surface area contributed by atoms with E-state index in [9.17, 15) is 0 Å². The van der Waals surface area contributed by atoms with Gasteiger partial charge >= 0.3 is 0 Å². The number of nitrogens with two attached hydrogens (primary N) is 1. The van der Waals surface area contributed by atoms with E-state index in [1.165, 1.54) is 5.56 Å². The van der Waals surface area contributed by atoms with Crippen molar-refractivity contribution >= 4 is 17.1 Å². The van der Waals surface area contributed by atoms with Crippen LogP contribution in [0.25, 0.3) is 0 Å². The molecule has 0 aromatic heterocycles. The fraction of sp³-hybridized carbons (Fsp3) is 0.143. The van der Waals surface area contributed by atoms with Gasteiger partial charge in [-0.3, -0.25) is 0 Å². The minimum Gasteiger partial charge on any atom is -0.399 e. The molecule has 1 heterocycles. The highest BCUT2D eigenvalue weighted by Gasteiger charge is 2.19. The van der Waals surface area contributed by atoms with Gasteiger partial charge in [0.25, 0.3) is 0 Å². The van der Waals surface area contributed by atoms with Crippen LogP contribution in [0.4, 0.5) is 17.1 Å². The van der Waals surface area contributed by atoms with Crippen LogP contribution in [0.2, 0.25) is 0 Å². The number of hydrogen-bond acceptors (Lipinski definition) is 3. The second-order valence-electron chi connectivity index (χ2n) is 4.34. The van der Waals surface area contributed by atoms with Crippen molar-refractivity contribution in [1.82, 2.24) is 0 Å². The van der Waals surface area contributed by atoms with Gasteiger partial charge < -0.3 is 16.4 Å².